The summed E-state index contributed by atoms with van der Waals surface area (Å²) < 4.78 is 28.9. The van der Waals surface area contributed by atoms with Gasteiger partial charge in [0, 0.05) is 16.7 Å². The molecular formula is C20H21NO4S. The topological polar surface area (TPSA) is 63.7 Å². The average molecular weight is 371 g/mol. The van der Waals surface area contributed by atoms with Crippen LogP contribution >= 0.6 is 0 Å². The van der Waals surface area contributed by atoms with Crippen molar-refractivity contribution in [3.63, 3.8) is 0 Å². The Hall–Kier alpha value is -2.60. The van der Waals surface area contributed by atoms with Crippen LogP contribution in [0.15, 0.2) is 53.9 Å². The largest absolute Gasteiger partial charge is 0.497 e. The molecule has 1 aliphatic heterocycles. The maximum Gasteiger partial charge on any atom is 0.258 e. The summed E-state index contributed by atoms with van der Waals surface area (Å²) in [6, 6.07) is 12.0. The highest BCUT2D eigenvalue weighted by Crippen LogP contribution is 2.27. The zero-order valence-corrected chi connectivity index (χ0v) is 15.8. The number of rotatable bonds is 4. The Morgan fingerprint density at radius 3 is 2.31 bits per heavy atom. The van der Waals surface area contributed by atoms with E-state index in [2.05, 4.69) is 0 Å². The summed E-state index contributed by atoms with van der Waals surface area (Å²) in [5.41, 5.74) is 3.27. The van der Waals surface area contributed by atoms with Crippen LogP contribution in [0.25, 0.3) is 0 Å². The minimum absolute atomic E-state index is 0.115. The molecule has 3 rings (SSSR count). The van der Waals surface area contributed by atoms with Gasteiger partial charge in [-0.3, -0.25) is 4.79 Å². The quantitative estimate of drug-likeness (QED) is 0.827. The van der Waals surface area contributed by atoms with Crippen LogP contribution in [0.2, 0.25) is 0 Å². The molecule has 5 nitrogen and oxygen atoms in total. The van der Waals surface area contributed by atoms with E-state index >= 15 is 0 Å². The summed E-state index contributed by atoms with van der Waals surface area (Å²) >= 11 is 0. The Balaban J connectivity index is 2.03. The van der Waals surface area contributed by atoms with Gasteiger partial charge in [0.2, 0.25) is 0 Å². The monoisotopic (exact) mass is 371 g/mol. The van der Waals surface area contributed by atoms with Gasteiger partial charge in [-0.05, 0) is 67.4 Å². The molecule has 0 radical (unpaired) electrons. The van der Waals surface area contributed by atoms with Crippen molar-refractivity contribution < 1.29 is 17.9 Å². The standard InChI is InChI=1S/C20H21NO4S/c1-14-4-5-16(12-15(14)2)20(22)21(18-10-11-26(23,24)13-18)17-6-8-19(25-3)9-7-17/h4-12,18H,13H2,1-3H3. The number of anilines is 1. The zero-order chi connectivity index (χ0) is 18.9. The Bertz CT molecular complexity index is 962. The molecule has 1 aliphatic rings. The smallest absolute Gasteiger partial charge is 0.258 e. The van der Waals surface area contributed by atoms with Gasteiger partial charge < -0.3 is 9.64 Å². The van der Waals surface area contributed by atoms with Crippen LogP contribution in [0.5, 0.6) is 5.75 Å². The molecule has 0 bridgehead atoms. The second-order valence-corrected chi connectivity index (χ2v) is 8.33. The Morgan fingerprint density at radius 2 is 1.77 bits per heavy atom. The first-order valence-corrected chi connectivity index (χ1v) is 9.98. The first-order valence-electron chi connectivity index (χ1n) is 8.26. The molecule has 1 unspecified atom stereocenters. The lowest BCUT2D eigenvalue weighted by atomic mass is 10.0. The lowest BCUT2D eigenvalue weighted by Gasteiger charge is -2.28. The number of carbonyl (C=O) groups is 1. The molecular weight excluding hydrogens is 350 g/mol. The fourth-order valence-corrected chi connectivity index (χ4v) is 4.20. The number of amides is 1. The van der Waals surface area contributed by atoms with Crippen LogP contribution in [0.3, 0.4) is 0 Å². The van der Waals surface area contributed by atoms with E-state index in [9.17, 15) is 13.2 Å². The molecule has 0 N–H and O–H groups in total. The minimum atomic E-state index is -3.29. The molecule has 6 heteroatoms. The molecule has 0 aromatic heterocycles. The maximum absolute atomic E-state index is 13.2. The van der Waals surface area contributed by atoms with Crippen molar-refractivity contribution >= 4 is 21.4 Å². The minimum Gasteiger partial charge on any atom is -0.497 e. The third kappa shape index (κ3) is 3.65. The zero-order valence-electron chi connectivity index (χ0n) is 15.0. The van der Waals surface area contributed by atoms with Crippen LogP contribution in [-0.2, 0) is 9.84 Å². The van der Waals surface area contributed by atoms with E-state index in [0.29, 0.717) is 17.0 Å². The molecule has 0 spiro atoms. The number of carbonyl (C=O) groups excluding carboxylic acids is 1. The number of hydrogen-bond donors (Lipinski definition) is 0. The first-order chi connectivity index (χ1) is 12.3. The van der Waals surface area contributed by atoms with Crippen LogP contribution in [-0.4, -0.2) is 33.2 Å². The highest BCUT2D eigenvalue weighted by atomic mass is 32.2. The van der Waals surface area contributed by atoms with Crippen molar-refractivity contribution in [3.05, 3.63) is 70.6 Å². The van der Waals surface area contributed by atoms with Gasteiger partial charge in [-0.1, -0.05) is 6.07 Å². The van der Waals surface area contributed by atoms with Gasteiger partial charge in [0.25, 0.3) is 5.91 Å². The molecule has 0 fully saturated rings. The van der Waals surface area contributed by atoms with Gasteiger partial charge in [-0.25, -0.2) is 8.42 Å². The third-order valence-electron chi connectivity index (χ3n) is 4.57. The highest BCUT2D eigenvalue weighted by molar-refractivity contribution is 7.94. The molecule has 1 amide bonds. The molecule has 2 aromatic carbocycles. The van der Waals surface area contributed by atoms with E-state index in [1.54, 1.807) is 43.5 Å². The van der Waals surface area contributed by atoms with E-state index < -0.39 is 15.9 Å². The van der Waals surface area contributed by atoms with Gasteiger partial charge >= 0.3 is 0 Å². The number of ether oxygens (including phenoxy) is 1. The summed E-state index contributed by atoms with van der Waals surface area (Å²) in [5.74, 6) is 0.322. The van der Waals surface area contributed by atoms with Crippen molar-refractivity contribution in [2.75, 3.05) is 17.8 Å². The van der Waals surface area contributed by atoms with Gasteiger partial charge in [0.05, 0.1) is 18.9 Å². The number of methoxy groups -OCH3 is 1. The molecule has 1 atom stereocenters. The van der Waals surface area contributed by atoms with Gasteiger partial charge in [0.15, 0.2) is 9.84 Å². The predicted molar refractivity (Wildman–Crippen MR) is 102 cm³/mol. The van der Waals surface area contributed by atoms with Gasteiger partial charge in [-0.2, -0.15) is 0 Å². The number of sulfone groups is 1. The van der Waals surface area contributed by atoms with E-state index in [-0.39, 0.29) is 11.7 Å². The molecule has 1 heterocycles. The van der Waals surface area contributed by atoms with E-state index in [1.807, 2.05) is 26.0 Å². The van der Waals surface area contributed by atoms with Crippen molar-refractivity contribution in [2.24, 2.45) is 0 Å². The molecule has 0 saturated heterocycles. The van der Waals surface area contributed by atoms with E-state index in [0.717, 1.165) is 11.1 Å². The number of benzene rings is 2. The molecule has 136 valence electrons. The van der Waals surface area contributed by atoms with Crippen LogP contribution < -0.4 is 9.64 Å². The van der Waals surface area contributed by atoms with Crippen molar-refractivity contribution in [3.8, 4) is 5.75 Å². The number of hydrogen-bond acceptors (Lipinski definition) is 4. The maximum atomic E-state index is 13.2. The summed E-state index contributed by atoms with van der Waals surface area (Å²) in [6.07, 6.45) is 1.57. The predicted octanol–water partition coefficient (Wildman–Crippen LogP) is 3.27. The van der Waals surface area contributed by atoms with Crippen molar-refractivity contribution in [2.45, 2.75) is 19.9 Å². The third-order valence-corrected chi connectivity index (χ3v) is 5.94. The lowest BCUT2D eigenvalue weighted by molar-refractivity contribution is 0.0983. The summed E-state index contributed by atoms with van der Waals surface area (Å²) in [7, 11) is -1.72. The van der Waals surface area contributed by atoms with Crippen LogP contribution in [0.1, 0.15) is 21.5 Å². The highest BCUT2D eigenvalue weighted by Gasteiger charge is 2.32. The molecule has 0 aliphatic carbocycles. The van der Waals surface area contributed by atoms with Crippen molar-refractivity contribution in [1.29, 1.82) is 0 Å². The fraction of sp³-hybridized carbons (Fsp3) is 0.250. The van der Waals surface area contributed by atoms with E-state index in [1.165, 1.54) is 10.3 Å². The second-order valence-electron chi connectivity index (χ2n) is 6.40. The Kier molecular flexibility index (Phi) is 4.87. The van der Waals surface area contributed by atoms with E-state index in [4.69, 9.17) is 4.74 Å². The van der Waals surface area contributed by atoms with Crippen LogP contribution in [0.4, 0.5) is 5.69 Å². The van der Waals surface area contributed by atoms with Crippen LogP contribution in [0, 0.1) is 13.8 Å². The average Bonchev–Trinajstić information content (AvgIpc) is 2.97. The SMILES string of the molecule is COc1ccc(N(C(=O)c2ccc(C)c(C)c2)C2C=CS(=O)(=O)C2)cc1. The second kappa shape index (κ2) is 6.96. The lowest BCUT2D eigenvalue weighted by Crippen LogP contribution is -2.41. The van der Waals surface area contributed by atoms with Gasteiger partial charge in [0.1, 0.15) is 5.75 Å². The Morgan fingerprint density at radius 1 is 1.08 bits per heavy atom. The fourth-order valence-electron chi connectivity index (χ4n) is 2.94. The Labute approximate surface area is 153 Å². The molecule has 2 aromatic rings. The molecule has 0 saturated carbocycles. The summed E-state index contributed by atoms with van der Waals surface area (Å²) in [4.78, 5) is 14.8. The summed E-state index contributed by atoms with van der Waals surface area (Å²) in [6.45, 7) is 3.93. The number of aryl methyl sites for hydroxylation is 2. The molecule has 26 heavy (non-hydrogen) atoms. The van der Waals surface area contributed by atoms with Crippen molar-refractivity contribution in [1.82, 2.24) is 0 Å². The number of nitrogens with zero attached hydrogens (tertiary/aromatic N) is 1. The normalized spacial score (nSPS) is 17.9. The van der Waals surface area contributed by atoms with Gasteiger partial charge in [-0.15, -0.1) is 0 Å². The summed E-state index contributed by atoms with van der Waals surface area (Å²) in [5, 5.41) is 1.18. The first kappa shape index (κ1) is 18.2.